The first-order valence-electron chi connectivity index (χ1n) is 7.60. The zero-order chi connectivity index (χ0) is 15.5. The van der Waals surface area contributed by atoms with Crippen molar-refractivity contribution >= 4 is 12.2 Å². The van der Waals surface area contributed by atoms with E-state index in [0.29, 0.717) is 0 Å². The van der Waals surface area contributed by atoms with Crippen LogP contribution in [-0.2, 0) is 6.42 Å². The Kier molecular flexibility index (Phi) is 7.89. The van der Waals surface area contributed by atoms with Gasteiger partial charge in [-0.2, -0.15) is 0 Å². The van der Waals surface area contributed by atoms with Gasteiger partial charge in [0.15, 0.2) is 0 Å². The van der Waals surface area contributed by atoms with Crippen LogP contribution in [0.3, 0.4) is 0 Å². The molecule has 0 atom stereocenters. The molecule has 0 fully saturated rings. The van der Waals surface area contributed by atoms with Gasteiger partial charge in [-0.05, 0) is 42.0 Å². The molecule has 21 heavy (non-hydrogen) atoms. The van der Waals surface area contributed by atoms with Crippen molar-refractivity contribution in [3.8, 4) is 0 Å². The van der Waals surface area contributed by atoms with Gasteiger partial charge in [-0.3, -0.25) is 0 Å². The quantitative estimate of drug-likeness (QED) is 0.601. The Morgan fingerprint density at radius 3 is 2.05 bits per heavy atom. The Balaban J connectivity index is 0.000000219. The van der Waals surface area contributed by atoms with Gasteiger partial charge in [0.2, 0.25) is 0 Å². The van der Waals surface area contributed by atoms with Crippen molar-refractivity contribution in [2.75, 3.05) is 0 Å². The Labute approximate surface area is 129 Å². The van der Waals surface area contributed by atoms with Crippen molar-refractivity contribution in [3.05, 3.63) is 83.9 Å². The minimum atomic E-state index is 1.20. The van der Waals surface area contributed by atoms with Gasteiger partial charge in [-0.1, -0.05) is 87.2 Å². The number of hydrogen-bond acceptors (Lipinski definition) is 0. The summed E-state index contributed by atoms with van der Waals surface area (Å²) in [6.07, 6.45) is 7.50. The highest BCUT2D eigenvalue weighted by Gasteiger charge is 1.91. The van der Waals surface area contributed by atoms with Crippen molar-refractivity contribution in [3.63, 3.8) is 0 Å². The molecule has 0 nitrogen and oxygen atoms in total. The second kappa shape index (κ2) is 9.77. The Hall–Kier alpha value is -2.08. The average molecular weight is 278 g/mol. The zero-order valence-corrected chi connectivity index (χ0v) is 13.3. The number of rotatable bonds is 5. The van der Waals surface area contributed by atoms with Gasteiger partial charge in [0.25, 0.3) is 0 Å². The van der Waals surface area contributed by atoms with E-state index in [2.05, 4.69) is 63.4 Å². The third-order valence-corrected chi connectivity index (χ3v) is 3.44. The van der Waals surface area contributed by atoms with Gasteiger partial charge < -0.3 is 0 Å². The minimum absolute atomic E-state index is 1.20. The second-order valence-electron chi connectivity index (χ2n) is 5.11. The maximum Gasteiger partial charge on any atom is -0.0233 e. The van der Waals surface area contributed by atoms with Crippen LogP contribution in [0.1, 0.15) is 42.0 Å². The van der Waals surface area contributed by atoms with E-state index < -0.39 is 0 Å². The van der Waals surface area contributed by atoms with Crippen molar-refractivity contribution in [1.29, 1.82) is 0 Å². The van der Waals surface area contributed by atoms with Gasteiger partial charge in [0.1, 0.15) is 0 Å². The summed E-state index contributed by atoms with van der Waals surface area (Å²) in [5, 5.41) is 0. The van der Waals surface area contributed by atoms with Crippen LogP contribution in [0.25, 0.3) is 12.2 Å². The highest BCUT2D eigenvalue weighted by Crippen LogP contribution is 2.08. The topological polar surface area (TPSA) is 0 Å². The highest BCUT2D eigenvalue weighted by molar-refractivity contribution is 5.50. The molecule has 0 spiro atoms. The summed E-state index contributed by atoms with van der Waals surface area (Å²) in [6, 6.07) is 16.8. The van der Waals surface area contributed by atoms with Crippen LogP contribution in [0.4, 0.5) is 0 Å². The number of unbranched alkanes of at least 4 members (excludes halogenated alkanes) is 1. The highest BCUT2D eigenvalue weighted by atomic mass is 14.0. The molecule has 110 valence electrons. The molecule has 0 heterocycles. The maximum atomic E-state index is 3.72. The molecule has 0 saturated carbocycles. The Morgan fingerprint density at radius 1 is 0.905 bits per heavy atom. The third kappa shape index (κ3) is 6.27. The van der Waals surface area contributed by atoms with Crippen LogP contribution >= 0.6 is 0 Å². The zero-order valence-electron chi connectivity index (χ0n) is 13.3. The summed E-state index contributed by atoms with van der Waals surface area (Å²) < 4.78 is 0. The fourth-order valence-electron chi connectivity index (χ4n) is 2.02. The van der Waals surface area contributed by atoms with Gasteiger partial charge in [-0.25, -0.2) is 0 Å². The fourth-order valence-corrected chi connectivity index (χ4v) is 2.02. The summed E-state index contributed by atoms with van der Waals surface area (Å²) in [4.78, 5) is 0. The van der Waals surface area contributed by atoms with Crippen molar-refractivity contribution in [1.82, 2.24) is 0 Å². The molecule has 0 N–H and O–H groups in total. The van der Waals surface area contributed by atoms with E-state index >= 15 is 0 Å². The minimum Gasteiger partial charge on any atom is -0.0985 e. The third-order valence-electron chi connectivity index (χ3n) is 3.44. The largest absolute Gasteiger partial charge is 0.0985 e. The second-order valence-corrected chi connectivity index (χ2v) is 5.11. The molecular weight excluding hydrogens is 252 g/mol. The summed E-state index contributed by atoms with van der Waals surface area (Å²) in [7, 11) is 0. The van der Waals surface area contributed by atoms with Gasteiger partial charge in [0.05, 0.1) is 0 Å². The van der Waals surface area contributed by atoms with E-state index in [1.807, 2.05) is 24.3 Å². The van der Waals surface area contributed by atoms with E-state index in [1.54, 1.807) is 0 Å². The van der Waals surface area contributed by atoms with Crippen LogP contribution in [-0.4, -0.2) is 0 Å². The molecule has 0 saturated heterocycles. The molecule has 0 bridgehead atoms. The first-order valence-corrected chi connectivity index (χ1v) is 7.60. The number of benzene rings is 2. The van der Waals surface area contributed by atoms with Crippen LogP contribution < -0.4 is 0 Å². The maximum absolute atomic E-state index is 3.72. The predicted molar refractivity (Wildman–Crippen MR) is 96.4 cm³/mol. The molecule has 2 aromatic rings. The van der Waals surface area contributed by atoms with Crippen LogP contribution in [0.2, 0.25) is 0 Å². The molecule has 0 heteroatoms. The monoisotopic (exact) mass is 278 g/mol. The Bertz CT molecular complexity index is 547. The lowest BCUT2D eigenvalue weighted by atomic mass is 10.1. The fraction of sp³-hybridized carbons (Fsp3) is 0.238. The van der Waals surface area contributed by atoms with Gasteiger partial charge >= 0.3 is 0 Å². The molecule has 0 unspecified atom stereocenters. The summed E-state index contributed by atoms with van der Waals surface area (Å²) in [5.41, 5.74) is 5.14. The lowest BCUT2D eigenvalue weighted by Gasteiger charge is -1.99. The lowest BCUT2D eigenvalue weighted by Crippen LogP contribution is -1.83. The molecule has 0 radical (unpaired) electrons. The van der Waals surface area contributed by atoms with E-state index in [1.165, 1.54) is 41.5 Å². The van der Waals surface area contributed by atoms with Crippen molar-refractivity contribution in [2.45, 2.75) is 33.1 Å². The summed E-state index contributed by atoms with van der Waals surface area (Å²) in [6.45, 7) is 11.7. The molecule has 0 aromatic heterocycles. The standard InChI is InChI=1S/C12H16.C9H10/c1-3-5-6-12-9-7-11(4-2)8-10-12;1-3-9-7-5-4-6-8(9)2/h4,7-10H,2-3,5-6H2,1H3;3-7H,1H2,2H3. The summed E-state index contributed by atoms with van der Waals surface area (Å²) >= 11 is 0. The average Bonchev–Trinajstić information content (AvgIpc) is 2.54. The number of aryl methyl sites for hydroxylation is 2. The molecule has 0 aliphatic carbocycles. The predicted octanol–water partition coefficient (Wildman–Crippen LogP) is 6.31. The van der Waals surface area contributed by atoms with Gasteiger partial charge in [0, 0.05) is 0 Å². The molecule has 2 rings (SSSR count). The number of hydrogen-bond donors (Lipinski definition) is 0. The van der Waals surface area contributed by atoms with E-state index in [4.69, 9.17) is 0 Å². The molecular formula is C21H26. The lowest BCUT2D eigenvalue weighted by molar-refractivity contribution is 0.795. The normalized spacial score (nSPS) is 9.43. The van der Waals surface area contributed by atoms with Crippen LogP contribution in [0.15, 0.2) is 61.7 Å². The molecule has 0 aliphatic heterocycles. The summed E-state index contributed by atoms with van der Waals surface area (Å²) in [5.74, 6) is 0. The first-order chi connectivity index (χ1) is 10.2. The molecule has 0 amide bonds. The van der Waals surface area contributed by atoms with Crippen LogP contribution in [0, 0.1) is 6.92 Å². The SMILES string of the molecule is C=Cc1ccc(CCCC)cc1.C=Cc1ccccc1C. The molecule has 0 aliphatic rings. The first kappa shape index (κ1) is 17.0. The van der Waals surface area contributed by atoms with Gasteiger partial charge in [-0.15, -0.1) is 0 Å². The Morgan fingerprint density at radius 2 is 1.57 bits per heavy atom. The van der Waals surface area contributed by atoms with E-state index in [0.717, 1.165) is 0 Å². The molecule has 2 aromatic carbocycles. The smallest absolute Gasteiger partial charge is 0.0233 e. The van der Waals surface area contributed by atoms with Crippen molar-refractivity contribution < 1.29 is 0 Å². The van der Waals surface area contributed by atoms with Crippen LogP contribution in [0.5, 0.6) is 0 Å². The van der Waals surface area contributed by atoms with Crippen molar-refractivity contribution in [2.24, 2.45) is 0 Å². The van der Waals surface area contributed by atoms with E-state index in [9.17, 15) is 0 Å². The van der Waals surface area contributed by atoms with E-state index in [-0.39, 0.29) is 0 Å².